The lowest BCUT2D eigenvalue weighted by molar-refractivity contribution is 0.890. The molecule has 2 heterocycles. The maximum atomic E-state index is 7.39. The zero-order valence-corrected chi connectivity index (χ0v) is 10.8. The molecule has 0 radical (unpaired) electrons. The van der Waals surface area contributed by atoms with Crippen molar-refractivity contribution in [2.24, 2.45) is 5.73 Å². The minimum absolute atomic E-state index is 0.0764. The van der Waals surface area contributed by atoms with Gasteiger partial charge in [0.1, 0.15) is 11.5 Å². The van der Waals surface area contributed by atoms with Crippen LogP contribution in [0.25, 0.3) is 0 Å². The van der Waals surface area contributed by atoms with E-state index in [9.17, 15) is 0 Å². The van der Waals surface area contributed by atoms with Crippen molar-refractivity contribution in [2.45, 2.75) is 24.2 Å². The van der Waals surface area contributed by atoms with Crippen LogP contribution in [0.15, 0.2) is 28.6 Å². The molecule has 6 nitrogen and oxygen atoms in total. The maximum absolute atomic E-state index is 7.39. The van der Waals surface area contributed by atoms with Gasteiger partial charge in [-0.15, -0.1) is 0 Å². The Balaban J connectivity index is 2.31. The Morgan fingerprint density at radius 2 is 1.89 bits per heavy atom. The lowest BCUT2D eigenvalue weighted by Crippen LogP contribution is -2.14. The molecule has 0 aliphatic carbocycles. The van der Waals surface area contributed by atoms with E-state index in [0.717, 1.165) is 11.4 Å². The zero-order chi connectivity index (χ0) is 13.1. The van der Waals surface area contributed by atoms with Crippen LogP contribution in [0.3, 0.4) is 0 Å². The molecule has 2 rings (SSSR count). The van der Waals surface area contributed by atoms with Gasteiger partial charge in [0.05, 0.1) is 0 Å². The van der Waals surface area contributed by atoms with E-state index < -0.39 is 0 Å². The SMILES string of the molecule is Cc1ccnc(Sc2nc(C)cc(C(=N)N)n2)n1. The Bertz CT molecular complexity index is 598. The predicted molar refractivity (Wildman–Crippen MR) is 68.7 cm³/mol. The molecule has 3 N–H and O–H groups in total. The highest BCUT2D eigenvalue weighted by Gasteiger charge is 2.08. The summed E-state index contributed by atoms with van der Waals surface area (Å²) in [6.07, 6.45) is 1.69. The maximum Gasteiger partial charge on any atom is 0.196 e. The Kier molecular flexibility index (Phi) is 3.52. The Hall–Kier alpha value is -2.02. The number of rotatable bonds is 3. The van der Waals surface area contributed by atoms with Crippen molar-refractivity contribution in [1.82, 2.24) is 19.9 Å². The van der Waals surface area contributed by atoms with Gasteiger partial charge >= 0.3 is 0 Å². The summed E-state index contributed by atoms with van der Waals surface area (Å²) in [5, 5.41) is 8.46. The normalized spacial score (nSPS) is 10.3. The predicted octanol–water partition coefficient (Wildman–Crippen LogP) is 1.32. The molecular formula is C11H12N6S. The van der Waals surface area contributed by atoms with Gasteiger partial charge in [0.2, 0.25) is 0 Å². The van der Waals surface area contributed by atoms with E-state index >= 15 is 0 Å². The molecule has 0 atom stereocenters. The third-order valence-electron chi connectivity index (χ3n) is 2.06. The number of hydrogen-bond acceptors (Lipinski definition) is 6. The molecule has 0 aliphatic rings. The fraction of sp³-hybridized carbons (Fsp3) is 0.182. The van der Waals surface area contributed by atoms with E-state index in [1.807, 2.05) is 19.9 Å². The summed E-state index contributed by atoms with van der Waals surface area (Å²) in [7, 11) is 0. The van der Waals surface area contributed by atoms with Gasteiger partial charge < -0.3 is 5.73 Å². The summed E-state index contributed by atoms with van der Waals surface area (Å²) in [6.45, 7) is 3.72. The molecule has 0 unspecified atom stereocenters. The Morgan fingerprint density at radius 1 is 1.17 bits per heavy atom. The van der Waals surface area contributed by atoms with Gasteiger partial charge in [-0.1, -0.05) is 0 Å². The average Bonchev–Trinajstić information content (AvgIpc) is 2.28. The van der Waals surface area contributed by atoms with E-state index in [1.165, 1.54) is 11.8 Å². The van der Waals surface area contributed by atoms with Gasteiger partial charge in [-0.2, -0.15) is 0 Å². The molecule has 0 aromatic carbocycles. The second-order valence-corrected chi connectivity index (χ2v) is 4.61. The van der Waals surface area contributed by atoms with Gasteiger partial charge in [0.15, 0.2) is 10.3 Å². The average molecular weight is 260 g/mol. The topological polar surface area (TPSA) is 101 Å². The third kappa shape index (κ3) is 3.01. The smallest absolute Gasteiger partial charge is 0.196 e. The fourth-order valence-corrected chi connectivity index (χ4v) is 2.08. The van der Waals surface area contributed by atoms with E-state index in [4.69, 9.17) is 11.1 Å². The summed E-state index contributed by atoms with van der Waals surface area (Å²) in [5.41, 5.74) is 7.47. The summed E-state index contributed by atoms with van der Waals surface area (Å²) in [5.74, 6) is -0.0764. The molecule has 7 heteroatoms. The van der Waals surface area contributed by atoms with Crippen LogP contribution in [-0.2, 0) is 0 Å². The van der Waals surface area contributed by atoms with Crippen LogP contribution < -0.4 is 5.73 Å². The summed E-state index contributed by atoms with van der Waals surface area (Å²) in [4.78, 5) is 16.8. The summed E-state index contributed by atoms with van der Waals surface area (Å²) >= 11 is 1.25. The number of nitrogens with two attached hydrogens (primary N) is 1. The lowest BCUT2D eigenvalue weighted by atomic mass is 10.3. The first-order valence-corrected chi connectivity index (χ1v) is 6.04. The molecule has 18 heavy (non-hydrogen) atoms. The van der Waals surface area contributed by atoms with Crippen LogP contribution in [0.1, 0.15) is 17.1 Å². The van der Waals surface area contributed by atoms with Crippen molar-refractivity contribution in [2.75, 3.05) is 0 Å². The first kappa shape index (κ1) is 12.4. The number of nitrogens with one attached hydrogen (secondary N) is 1. The van der Waals surface area contributed by atoms with Crippen molar-refractivity contribution < 1.29 is 0 Å². The van der Waals surface area contributed by atoms with Crippen molar-refractivity contribution >= 4 is 17.6 Å². The monoisotopic (exact) mass is 260 g/mol. The molecule has 0 fully saturated rings. The molecule has 0 aliphatic heterocycles. The minimum atomic E-state index is -0.0764. The van der Waals surface area contributed by atoms with Crippen LogP contribution in [0.2, 0.25) is 0 Å². The minimum Gasteiger partial charge on any atom is -0.382 e. The second-order valence-electron chi connectivity index (χ2n) is 3.67. The molecule has 0 saturated heterocycles. The third-order valence-corrected chi connectivity index (χ3v) is 2.81. The van der Waals surface area contributed by atoms with Crippen LogP contribution in [0.5, 0.6) is 0 Å². The number of hydrogen-bond donors (Lipinski definition) is 2. The molecule has 0 bridgehead atoms. The quantitative estimate of drug-likeness (QED) is 0.490. The standard InChI is InChI=1S/C11H12N6S/c1-6-3-4-14-10(15-6)18-11-16-7(2)5-8(17-11)9(12)13/h3-5H,1-2H3,(H3,12,13). The zero-order valence-electron chi connectivity index (χ0n) is 10.0. The highest BCUT2D eigenvalue weighted by molar-refractivity contribution is 7.99. The first-order chi connectivity index (χ1) is 8.54. The van der Waals surface area contributed by atoms with Gasteiger partial charge in [-0.3, -0.25) is 5.41 Å². The number of aromatic nitrogens is 4. The van der Waals surface area contributed by atoms with Crippen LogP contribution in [-0.4, -0.2) is 25.8 Å². The highest BCUT2D eigenvalue weighted by atomic mass is 32.2. The van der Waals surface area contributed by atoms with Crippen LogP contribution in [0, 0.1) is 19.3 Å². The number of amidine groups is 1. The van der Waals surface area contributed by atoms with Crippen molar-refractivity contribution in [1.29, 1.82) is 5.41 Å². The van der Waals surface area contributed by atoms with E-state index in [-0.39, 0.29) is 5.84 Å². The molecule has 92 valence electrons. The molecule has 0 saturated carbocycles. The largest absolute Gasteiger partial charge is 0.382 e. The van der Waals surface area contributed by atoms with Crippen molar-refractivity contribution in [3.05, 3.63) is 35.4 Å². The second kappa shape index (κ2) is 5.09. The molecule has 2 aromatic rings. The van der Waals surface area contributed by atoms with E-state index in [1.54, 1.807) is 12.3 Å². The molecular weight excluding hydrogens is 248 g/mol. The van der Waals surface area contributed by atoms with Gasteiger partial charge in [0.25, 0.3) is 0 Å². The van der Waals surface area contributed by atoms with Crippen LogP contribution in [0.4, 0.5) is 0 Å². The summed E-state index contributed by atoms with van der Waals surface area (Å²) in [6, 6.07) is 3.49. The van der Waals surface area contributed by atoms with Crippen molar-refractivity contribution in [3.63, 3.8) is 0 Å². The number of aryl methyl sites for hydroxylation is 2. The highest BCUT2D eigenvalue weighted by Crippen LogP contribution is 2.21. The summed E-state index contributed by atoms with van der Waals surface area (Å²) < 4.78 is 0. The fourth-order valence-electron chi connectivity index (χ4n) is 1.28. The number of nitrogen functional groups attached to an aromatic ring is 1. The first-order valence-electron chi connectivity index (χ1n) is 5.22. The van der Waals surface area contributed by atoms with Crippen LogP contribution >= 0.6 is 11.8 Å². The molecule has 0 amide bonds. The molecule has 0 spiro atoms. The lowest BCUT2D eigenvalue weighted by Gasteiger charge is -2.03. The van der Waals surface area contributed by atoms with E-state index in [2.05, 4.69) is 19.9 Å². The van der Waals surface area contributed by atoms with E-state index in [0.29, 0.717) is 16.0 Å². The van der Waals surface area contributed by atoms with Gasteiger partial charge in [0, 0.05) is 17.6 Å². The number of nitrogens with zero attached hydrogens (tertiary/aromatic N) is 4. The molecule has 2 aromatic heterocycles. The van der Waals surface area contributed by atoms with Gasteiger partial charge in [-0.25, -0.2) is 19.9 Å². The Labute approximate surface area is 109 Å². The van der Waals surface area contributed by atoms with Gasteiger partial charge in [-0.05, 0) is 37.7 Å². The Morgan fingerprint density at radius 3 is 2.56 bits per heavy atom. The van der Waals surface area contributed by atoms with Crippen molar-refractivity contribution in [3.8, 4) is 0 Å².